The summed E-state index contributed by atoms with van der Waals surface area (Å²) in [5.74, 6) is 1.10. The number of ether oxygens (including phenoxy) is 1. The van der Waals surface area contributed by atoms with Gasteiger partial charge in [0.1, 0.15) is 11.5 Å². The lowest BCUT2D eigenvalue weighted by molar-refractivity contribution is 0.262. The van der Waals surface area contributed by atoms with Gasteiger partial charge in [-0.2, -0.15) is 0 Å². The van der Waals surface area contributed by atoms with E-state index in [-0.39, 0.29) is 5.75 Å². The summed E-state index contributed by atoms with van der Waals surface area (Å²) >= 11 is 0. The van der Waals surface area contributed by atoms with Crippen LogP contribution in [0.1, 0.15) is 43.5 Å². The summed E-state index contributed by atoms with van der Waals surface area (Å²) in [5, 5.41) is 15.7. The van der Waals surface area contributed by atoms with E-state index in [0.717, 1.165) is 53.9 Å². The fraction of sp³-hybridized carbons (Fsp3) is 0.409. The minimum Gasteiger partial charge on any atom is -0.507 e. The second-order valence-corrected chi connectivity index (χ2v) is 6.83. The maximum atomic E-state index is 10.4. The van der Waals surface area contributed by atoms with Crippen LogP contribution in [-0.2, 0) is 13.0 Å². The van der Waals surface area contributed by atoms with Crippen molar-refractivity contribution in [3.63, 3.8) is 0 Å². The number of methoxy groups -OCH3 is 1. The first-order valence-corrected chi connectivity index (χ1v) is 9.61. The molecule has 0 aliphatic carbocycles. The maximum Gasteiger partial charge on any atom is 0.175 e. The molecule has 3 aromatic rings. The van der Waals surface area contributed by atoms with E-state index in [4.69, 9.17) is 9.26 Å². The molecule has 3 rings (SSSR count). The molecule has 0 radical (unpaired) electrons. The van der Waals surface area contributed by atoms with Gasteiger partial charge in [-0.3, -0.25) is 4.90 Å². The molecule has 0 fully saturated rings. The third kappa shape index (κ3) is 4.25. The van der Waals surface area contributed by atoms with E-state index < -0.39 is 0 Å². The van der Waals surface area contributed by atoms with Crippen molar-refractivity contribution in [1.82, 2.24) is 10.1 Å². The van der Waals surface area contributed by atoms with E-state index in [0.29, 0.717) is 18.5 Å². The van der Waals surface area contributed by atoms with Crippen LogP contribution in [0, 0.1) is 0 Å². The predicted molar refractivity (Wildman–Crippen MR) is 107 cm³/mol. The summed E-state index contributed by atoms with van der Waals surface area (Å²) in [6.45, 7) is 6.98. The van der Waals surface area contributed by atoms with Gasteiger partial charge in [-0.1, -0.05) is 37.2 Å². The highest BCUT2D eigenvalue weighted by Crippen LogP contribution is 2.32. The van der Waals surface area contributed by atoms with Gasteiger partial charge in [-0.05, 0) is 44.1 Å². The number of phenols is 1. The molecule has 27 heavy (non-hydrogen) atoms. The predicted octanol–water partition coefficient (Wildman–Crippen LogP) is 4.75. The molecule has 0 bridgehead atoms. The molecule has 1 aromatic heterocycles. The number of rotatable bonds is 9. The summed E-state index contributed by atoms with van der Waals surface area (Å²) in [6.07, 6.45) is 2.77. The lowest BCUT2D eigenvalue weighted by Crippen LogP contribution is -2.25. The number of hydrogen-bond donors (Lipinski definition) is 1. The van der Waals surface area contributed by atoms with Gasteiger partial charge >= 0.3 is 0 Å². The summed E-state index contributed by atoms with van der Waals surface area (Å²) in [5.41, 5.74) is 3.40. The average molecular weight is 368 g/mol. The van der Waals surface area contributed by atoms with Gasteiger partial charge in [-0.25, -0.2) is 0 Å². The first-order valence-electron chi connectivity index (χ1n) is 9.61. The van der Waals surface area contributed by atoms with Crippen molar-refractivity contribution in [3.05, 3.63) is 53.2 Å². The second-order valence-electron chi connectivity index (χ2n) is 6.83. The lowest BCUT2D eigenvalue weighted by Gasteiger charge is -2.21. The molecule has 0 saturated carbocycles. The molecule has 0 spiro atoms. The van der Waals surface area contributed by atoms with Gasteiger partial charge in [0.25, 0.3) is 0 Å². The Morgan fingerprint density at radius 1 is 1.07 bits per heavy atom. The zero-order valence-corrected chi connectivity index (χ0v) is 16.4. The van der Waals surface area contributed by atoms with Gasteiger partial charge < -0.3 is 14.4 Å². The standard InChI is InChI=1S/C22H28N2O3/c1-4-12-24(13-5-2)15-18-20(25)11-10-17-19(23-27-22(17)18)14-16-8-6-7-9-21(16)26-3/h6-11,25H,4-5,12-15H2,1-3H3. The number of benzene rings is 2. The van der Waals surface area contributed by atoms with Crippen LogP contribution in [0.25, 0.3) is 11.0 Å². The van der Waals surface area contributed by atoms with E-state index in [9.17, 15) is 5.11 Å². The Balaban J connectivity index is 1.94. The highest BCUT2D eigenvalue weighted by atomic mass is 16.5. The molecule has 0 atom stereocenters. The largest absolute Gasteiger partial charge is 0.507 e. The smallest absolute Gasteiger partial charge is 0.175 e. The zero-order chi connectivity index (χ0) is 19.2. The monoisotopic (exact) mass is 368 g/mol. The molecule has 1 heterocycles. The van der Waals surface area contributed by atoms with Gasteiger partial charge in [-0.15, -0.1) is 0 Å². The van der Waals surface area contributed by atoms with E-state index in [2.05, 4.69) is 23.9 Å². The highest BCUT2D eigenvalue weighted by molar-refractivity contribution is 5.84. The normalized spacial score (nSPS) is 11.4. The first kappa shape index (κ1) is 19.2. The summed E-state index contributed by atoms with van der Waals surface area (Å²) in [6, 6.07) is 11.6. The van der Waals surface area contributed by atoms with Crippen LogP contribution in [0.5, 0.6) is 11.5 Å². The highest BCUT2D eigenvalue weighted by Gasteiger charge is 2.18. The quantitative estimate of drug-likeness (QED) is 0.590. The van der Waals surface area contributed by atoms with Crippen molar-refractivity contribution < 1.29 is 14.4 Å². The zero-order valence-electron chi connectivity index (χ0n) is 16.4. The fourth-order valence-electron chi connectivity index (χ4n) is 3.53. The van der Waals surface area contributed by atoms with Crippen LogP contribution in [0.4, 0.5) is 0 Å². The fourth-order valence-corrected chi connectivity index (χ4v) is 3.53. The molecule has 2 aromatic carbocycles. The minimum atomic E-state index is 0.264. The summed E-state index contributed by atoms with van der Waals surface area (Å²) in [7, 11) is 1.67. The molecule has 0 saturated heterocycles. The third-order valence-corrected chi connectivity index (χ3v) is 4.81. The van der Waals surface area contributed by atoms with Gasteiger partial charge in [0, 0.05) is 23.9 Å². The van der Waals surface area contributed by atoms with Crippen molar-refractivity contribution in [3.8, 4) is 11.5 Å². The van der Waals surface area contributed by atoms with Crippen molar-refractivity contribution in [2.75, 3.05) is 20.2 Å². The lowest BCUT2D eigenvalue weighted by atomic mass is 10.0. The molecule has 0 aliphatic heterocycles. The van der Waals surface area contributed by atoms with Crippen molar-refractivity contribution in [1.29, 1.82) is 0 Å². The minimum absolute atomic E-state index is 0.264. The van der Waals surface area contributed by atoms with Gasteiger partial charge in [0.2, 0.25) is 0 Å². The summed E-state index contributed by atoms with van der Waals surface area (Å²) < 4.78 is 11.1. The van der Waals surface area contributed by atoms with Crippen LogP contribution in [-0.4, -0.2) is 35.4 Å². The molecular formula is C22H28N2O3. The van der Waals surface area contributed by atoms with Crippen LogP contribution in [0.3, 0.4) is 0 Å². The Labute approximate surface area is 160 Å². The van der Waals surface area contributed by atoms with Crippen molar-refractivity contribution in [2.24, 2.45) is 0 Å². The van der Waals surface area contributed by atoms with Crippen LogP contribution >= 0.6 is 0 Å². The Kier molecular flexibility index (Phi) is 6.35. The Hall–Kier alpha value is -2.53. The number of fused-ring (bicyclic) bond motifs is 1. The van der Waals surface area contributed by atoms with E-state index >= 15 is 0 Å². The Morgan fingerprint density at radius 3 is 2.52 bits per heavy atom. The number of aromatic hydroxyl groups is 1. The van der Waals surface area contributed by atoms with E-state index in [1.165, 1.54) is 0 Å². The third-order valence-electron chi connectivity index (χ3n) is 4.81. The number of nitrogens with zero attached hydrogens (tertiary/aromatic N) is 2. The molecule has 0 aliphatic rings. The van der Waals surface area contributed by atoms with Crippen LogP contribution in [0.15, 0.2) is 40.9 Å². The second kappa shape index (κ2) is 8.91. The number of para-hydroxylation sites is 1. The summed E-state index contributed by atoms with van der Waals surface area (Å²) in [4.78, 5) is 2.34. The molecule has 0 amide bonds. The first-order chi connectivity index (χ1) is 13.2. The molecule has 5 heteroatoms. The Bertz CT molecular complexity index is 882. The van der Waals surface area contributed by atoms with Crippen LogP contribution in [0.2, 0.25) is 0 Å². The average Bonchev–Trinajstić information content (AvgIpc) is 3.08. The Morgan fingerprint density at radius 2 is 1.81 bits per heavy atom. The number of aromatic nitrogens is 1. The molecule has 5 nitrogen and oxygen atoms in total. The molecule has 0 unspecified atom stereocenters. The molecule has 1 N–H and O–H groups in total. The van der Waals surface area contributed by atoms with Gasteiger partial charge in [0.15, 0.2) is 5.58 Å². The molecule has 144 valence electrons. The number of phenolic OH excluding ortho intramolecular Hbond substituents is 1. The van der Waals surface area contributed by atoms with E-state index in [1.807, 2.05) is 30.3 Å². The SMILES string of the molecule is CCCN(CCC)Cc1c(O)ccc2c(Cc3ccccc3OC)noc12. The topological polar surface area (TPSA) is 58.7 Å². The van der Waals surface area contributed by atoms with Crippen LogP contribution < -0.4 is 4.74 Å². The van der Waals surface area contributed by atoms with Crippen molar-refractivity contribution in [2.45, 2.75) is 39.7 Å². The number of hydrogen-bond acceptors (Lipinski definition) is 5. The van der Waals surface area contributed by atoms with E-state index in [1.54, 1.807) is 13.2 Å². The van der Waals surface area contributed by atoms with Gasteiger partial charge in [0.05, 0.1) is 18.4 Å². The molecular weight excluding hydrogens is 340 g/mol. The maximum absolute atomic E-state index is 10.4. The van der Waals surface area contributed by atoms with Crippen molar-refractivity contribution >= 4 is 11.0 Å².